The van der Waals surface area contributed by atoms with E-state index in [1.54, 1.807) is 37.5 Å². The van der Waals surface area contributed by atoms with Gasteiger partial charge in [-0.2, -0.15) is 0 Å². The van der Waals surface area contributed by atoms with Gasteiger partial charge in [-0.1, -0.05) is 30.9 Å². The lowest BCUT2D eigenvalue weighted by Crippen LogP contribution is -2.11. The van der Waals surface area contributed by atoms with E-state index >= 15 is 0 Å². The molecular formula is C16H13IO3. The Morgan fingerprint density at radius 2 is 1.85 bits per heavy atom. The van der Waals surface area contributed by atoms with Crippen LogP contribution in [0.25, 0.3) is 6.08 Å². The number of halogens is 1. The number of benzene rings is 2. The Hall–Kier alpha value is -1.82. The van der Waals surface area contributed by atoms with Crippen molar-refractivity contribution in [1.82, 2.24) is 0 Å². The van der Waals surface area contributed by atoms with Gasteiger partial charge in [-0.25, -0.2) is 4.79 Å². The molecule has 0 aliphatic rings. The van der Waals surface area contributed by atoms with Crippen LogP contribution >= 0.6 is 22.6 Å². The second-order valence-corrected chi connectivity index (χ2v) is 5.11. The molecule has 0 unspecified atom stereocenters. The average molecular weight is 380 g/mol. The summed E-state index contributed by atoms with van der Waals surface area (Å²) in [4.78, 5) is 12.3. The largest absolute Gasteiger partial charge is 0.496 e. The van der Waals surface area contributed by atoms with Gasteiger partial charge < -0.3 is 9.47 Å². The molecule has 0 fully saturated rings. The third kappa shape index (κ3) is 3.01. The molecule has 20 heavy (non-hydrogen) atoms. The van der Waals surface area contributed by atoms with Crippen LogP contribution in [0, 0.1) is 3.57 Å². The molecule has 2 aromatic carbocycles. The molecule has 4 heteroatoms. The first kappa shape index (κ1) is 14.6. The standard InChI is InChI=1S/C16H13IO3/c1-3-11-12(7-6-10-14(11)19-2)16(18)20-15-9-5-4-8-13(15)17/h3-10H,1H2,2H3. The minimum Gasteiger partial charge on any atom is -0.496 e. The van der Waals surface area contributed by atoms with Gasteiger partial charge >= 0.3 is 5.97 Å². The van der Waals surface area contributed by atoms with Gasteiger partial charge in [0.2, 0.25) is 0 Å². The number of ether oxygens (including phenoxy) is 2. The molecule has 0 amide bonds. The molecule has 2 aromatic rings. The Balaban J connectivity index is 2.35. The fourth-order valence-electron chi connectivity index (χ4n) is 1.79. The van der Waals surface area contributed by atoms with Crippen molar-refractivity contribution in [3.63, 3.8) is 0 Å². The van der Waals surface area contributed by atoms with Gasteiger partial charge in [-0.15, -0.1) is 0 Å². The fourth-order valence-corrected chi connectivity index (χ4v) is 2.29. The van der Waals surface area contributed by atoms with Gasteiger partial charge in [0.1, 0.15) is 11.5 Å². The third-order valence-corrected chi connectivity index (χ3v) is 3.64. The summed E-state index contributed by atoms with van der Waals surface area (Å²) < 4.78 is 11.5. The fraction of sp³-hybridized carbons (Fsp3) is 0.0625. The van der Waals surface area contributed by atoms with Crippen LogP contribution in [0.1, 0.15) is 15.9 Å². The molecule has 0 N–H and O–H groups in total. The molecular weight excluding hydrogens is 367 g/mol. The van der Waals surface area contributed by atoms with Gasteiger partial charge in [-0.05, 0) is 46.9 Å². The first-order chi connectivity index (χ1) is 9.67. The van der Waals surface area contributed by atoms with E-state index in [4.69, 9.17) is 9.47 Å². The van der Waals surface area contributed by atoms with Crippen LogP contribution < -0.4 is 9.47 Å². The zero-order valence-corrected chi connectivity index (χ0v) is 13.1. The van der Waals surface area contributed by atoms with E-state index in [1.807, 2.05) is 18.2 Å². The summed E-state index contributed by atoms with van der Waals surface area (Å²) in [5.74, 6) is 0.705. The SMILES string of the molecule is C=Cc1c(OC)cccc1C(=O)Oc1ccccc1I. The van der Waals surface area contributed by atoms with Crippen LogP contribution in [0.5, 0.6) is 11.5 Å². The number of methoxy groups -OCH3 is 1. The van der Waals surface area contributed by atoms with Crippen LogP contribution in [0.15, 0.2) is 49.0 Å². The van der Waals surface area contributed by atoms with Crippen LogP contribution in [-0.4, -0.2) is 13.1 Å². The Kier molecular flexibility index (Phi) is 4.79. The zero-order chi connectivity index (χ0) is 14.5. The maximum absolute atomic E-state index is 12.3. The second-order valence-electron chi connectivity index (χ2n) is 3.95. The first-order valence-electron chi connectivity index (χ1n) is 5.93. The lowest BCUT2D eigenvalue weighted by atomic mass is 10.1. The Labute approximate surface area is 131 Å². The Bertz CT molecular complexity index is 650. The van der Waals surface area contributed by atoms with Crippen LogP contribution in [0.3, 0.4) is 0 Å². The van der Waals surface area contributed by atoms with Crippen molar-refractivity contribution in [3.8, 4) is 11.5 Å². The lowest BCUT2D eigenvalue weighted by molar-refractivity contribution is 0.0733. The summed E-state index contributed by atoms with van der Waals surface area (Å²) in [6, 6.07) is 12.6. The van der Waals surface area contributed by atoms with Crippen molar-refractivity contribution < 1.29 is 14.3 Å². The molecule has 0 heterocycles. The van der Waals surface area contributed by atoms with Crippen molar-refractivity contribution in [2.75, 3.05) is 7.11 Å². The monoisotopic (exact) mass is 380 g/mol. The van der Waals surface area contributed by atoms with E-state index in [2.05, 4.69) is 29.2 Å². The molecule has 0 bridgehead atoms. The molecule has 0 aliphatic carbocycles. The number of rotatable bonds is 4. The Morgan fingerprint density at radius 1 is 1.15 bits per heavy atom. The summed E-state index contributed by atoms with van der Waals surface area (Å²) in [5, 5.41) is 0. The normalized spacial score (nSPS) is 9.90. The molecule has 0 radical (unpaired) electrons. The van der Waals surface area contributed by atoms with Gasteiger partial charge in [0.15, 0.2) is 0 Å². The van der Waals surface area contributed by atoms with E-state index in [9.17, 15) is 4.79 Å². The predicted molar refractivity (Wildman–Crippen MR) is 87.2 cm³/mol. The van der Waals surface area contributed by atoms with Gasteiger partial charge in [0.05, 0.1) is 16.2 Å². The lowest BCUT2D eigenvalue weighted by Gasteiger charge is -2.11. The first-order valence-corrected chi connectivity index (χ1v) is 7.01. The molecule has 0 aliphatic heterocycles. The third-order valence-electron chi connectivity index (χ3n) is 2.75. The topological polar surface area (TPSA) is 35.5 Å². The molecule has 0 spiro atoms. The number of para-hydroxylation sites is 1. The van der Waals surface area contributed by atoms with Crippen molar-refractivity contribution in [3.05, 3.63) is 63.7 Å². The highest BCUT2D eigenvalue weighted by Gasteiger charge is 2.16. The molecule has 102 valence electrons. The quantitative estimate of drug-likeness (QED) is 0.454. The van der Waals surface area contributed by atoms with E-state index in [1.165, 1.54) is 0 Å². The summed E-state index contributed by atoms with van der Waals surface area (Å²) in [6.07, 6.45) is 1.59. The number of hydrogen-bond acceptors (Lipinski definition) is 3. The van der Waals surface area contributed by atoms with E-state index in [0.29, 0.717) is 22.6 Å². The summed E-state index contributed by atoms with van der Waals surface area (Å²) in [7, 11) is 1.55. The number of carbonyl (C=O) groups excluding carboxylic acids is 1. The van der Waals surface area contributed by atoms with Crippen molar-refractivity contribution in [1.29, 1.82) is 0 Å². The van der Waals surface area contributed by atoms with E-state index in [0.717, 1.165) is 3.57 Å². The van der Waals surface area contributed by atoms with Gasteiger partial charge in [-0.3, -0.25) is 0 Å². The maximum Gasteiger partial charge on any atom is 0.344 e. The maximum atomic E-state index is 12.3. The van der Waals surface area contributed by atoms with Crippen LogP contribution in [0.2, 0.25) is 0 Å². The van der Waals surface area contributed by atoms with E-state index in [-0.39, 0.29) is 0 Å². The molecule has 3 nitrogen and oxygen atoms in total. The number of hydrogen-bond donors (Lipinski definition) is 0. The minimum atomic E-state index is -0.428. The summed E-state index contributed by atoms with van der Waals surface area (Å²) in [5.41, 5.74) is 1.06. The summed E-state index contributed by atoms with van der Waals surface area (Å²) in [6.45, 7) is 3.72. The highest BCUT2D eigenvalue weighted by atomic mass is 127. The minimum absolute atomic E-state index is 0.428. The highest BCUT2D eigenvalue weighted by Crippen LogP contribution is 2.26. The van der Waals surface area contributed by atoms with E-state index < -0.39 is 5.97 Å². The molecule has 2 rings (SSSR count). The van der Waals surface area contributed by atoms with Crippen molar-refractivity contribution in [2.45, 2.75) is 0 Å². The van der Waals surface area contributed by atoms with Gasteiger partial charge in [0.25, 0.3) is 0 Å². The summed E-state index contributed by atoms with van der Waals surface area (Å²) >= 11 is 2.12. The van der Waals surface area contributed by atoms with Crippen molar-refractivity contribution in [2.24, 2.45) is 0 Å². The predicted octanol–water partition coefficient (Wildman–Crippen LogP) is 4.16. The Morgan fingerprint density at radius 3 is 2.50 bits per heavy atom. The molecule has 0 saturated heterocycles. The number of carbonyl (C=O) groups is 1. The van der Waals surface area contributed by atoms with Crippen LogP contribution in [-0.2, 0) is 0 Å². The zero-order valence-electron chi connectivity index (χ0n) is 10.9. The average Bonchev–Trinajstić information content (AvgIpc) is 2.48. The van der Waals surface area contributed by atoms with Crippen LogP contribution in [0.4, 0.5) is 0 Å². The molecule has 0 saturated carbocycles. The smallest absolute Gasteiger partial charge is 0.344 e. The van der Waals surface area contributed by atoms with Crippen molar-refractivity contribution >= 4 is 34.6 Å². The molecule has 0 aromatic heterocycles. The number of esters is 1. The van der Waals surface area contributed by atoms with Gasteiger partial charge in [0, 0.05) is 5.56 Å². The highest BCUT2D eigenvalue weighted by molar-refractivity contribution is 14.1. The second kappa shape index (κ2) is 6.56. The molecule has 0 atom stereocenters.